The molecule has 1 heterocycles. The number of aromatic nitrogens is 2. The van der Waals surface area contributed by atoms with E-state index in [4.69, 9.17) is 10.7 Å². The minimum atomic E-state index is 0.413. The first-order valence-corrected chi connectivity index (χ1v) is 7.61. The van der Waals surface area contributed by atoms with E-state index in [2.05, 4.69) is 32.7 Å². The molecule has 0 unspecified atom stereocenters. The molecule has 0 bridgehead atoms. The quantitative estimate of drug-likeness (QED) is 0.890. The molecule has 19 heavy (non-hydrogen) atoms. The number of anilines is 1. The van der Waals surface area contributed by atoms with E-state index < -0.39 is 0 Å². The summed E-state index contributed by atoms with van der Waals surface area (Å²) in [4.78, 5) is 9.21. The van der Waals surface area contributed by atoms with Crippen molar-refractivity contribution in [3.8, 4) is 0 Å². The van der Waals surface area contributed by atoms with Crippen molar-refractivity contribution in [1.29, 1.82) is 0 Å². The first kappa shape index (κ1) is 14.3. The van der Waals surface area contributed by atoms with E-state index in [0.29, 0.717) is 17.7 Å². The summed E-state index contributed by atoms with van der Waals surface area (Å²) in [6.45, 7) is 8.97. The number of nitrogens with two attached hydrogens (primary N) is 1. The smallest absolute Gasteiger partial charge is 0.134 e. The Morgan fingerprint density at radius 2 is 1.68 bits per heavy atom. The molecule has 1 aromatic heterocycles. The summed E-state index contributed by atoms with van der Waals surface area (Å²) in [6, 6.07) is 1.91. The third kappa shape index (κ3) is 3.46. The Bertz CT molecular complexity index is 418. The van der Waals surface area contributed by atoms with Crippen molar-refractivity contribution >= 4 is 5.82 Å². The Labute approximate surface area is 117 Å². The van der Waals surface area contributed by atoms with Gasteiger partial charge in [0.2, 0.25) is 0 Å². The van der Waals surface area contributed by atoms with Crippen LogP contribution in [0.3, 0.4) is 0 Å². The van der Waals surface area contributed by atoms with Crippen molar-refractivity contribution < 1.29 is 0 Å². The normalized spacial score (nSPS) is 24.1. The minimum absolute atomic E-state index is 0.413. The van der Waals surface area contributed by atoms with Gasteiger partial charge < -0.3 is 5.73 Å². The molecule has 0 saturated heterocycles. The lowest BCUT2D eigenvalue weighted by atomic mass is 9.76. The van der Waals surface area contributed by atoms with Crippen LogP contribution in [0.25, 0.3) is 0 Å². The van der Waals surface area contributed by atoms with Gasteiger partial charge in [0.1, 0.15) is 11.6 Å². The molecule has 0 radical (unpaired) electrons. The lowest BCUT2D eigenvalue weighted by Gasteiger charge is -2.30. The van der Waals surface area contributed by atoms with E-state index >= 15 is 0 Å². The van der Waals surface area contributed by atoms with Crippen LogP contribution < -0.4 is 5.73 Å². The first-order valence-electron chi connectivity index (χ1n) is 7.61. The lowest BCUT2D eigenvalue weighted by molar-refractivity contribution is 0.254. The van der Waals surface area contributed by atoms with E-state index in [1.165, 1.54) is 25.7 Å². The molecule has 1 aromatic rings. The van der Waals surface area contributed by atoms with Gasteiger partial charge in [0.25, 0.3) is 0 Å². The molecule has 3 heteroatoms. The Morgan fingerprint density at radius 3 is 2.21 bits per heavy atom. The number of rotatable bonds is 3. The van der Waals surface area contributed by atoms with Crippen molar-refractivity contribution in [3.63, 3.8) is 0 Å². The van der Waals surface area contributed by atoms with Gasteiger partial charge in [-0.15, -0.1) is 0 Å². The van der Waals surface area contributed by atoms with Crippen molar-refractivity contribution in [2.75, 3.05) is 5.73 Å². The third-order valence-electron chi connectivity index (χ3n) is 4.45. The second kappa shape index (κ2) is 5.89. The second-order valence-electron chi connectivity index (χ2n) is 6.59. The van der Waals surface area contributed by atoms with Crippen LogP contribution in [-0.4, -0.2) is 9.97 Å². The summed E-state index contributed by atoms with van der Waals surface area (Å²) in [5.41, 5.74) is 7.01. The predicted octanol–water partition coefficient (Wildman–Crippen LogP) is 4.11. The van der Waals surface area contributed by atoms with Gasteiger partial charge >= 0.3 is 0 Å². The van der Waals surface area contributed by atoms with Crippen LogP contribution in [0, 0.1) is 11.8 Å². The highest BCUT2D eigenvalue weighted by molar-refractivity contribution is 5.31. The van der Waals surface area contributed by atoms with Crippen LogP contribution in [-0.2, 0) is 0 Å². The van der Waals surface area contributed by atoms with Gasteiger partial charge in [-0.05, 0) is 43.4 Å². The van der Waals surface area contributed by atoms with Gasteiger partial charge in [-0.25, -0.2) is 9.97 Å². The Kier molecular flexibility index (Phi) is 4.43. The number of hydrogen-bond acceptors (Lipinski definition) is 3. The molecular formula is C16H27N3. The lowest BCUT2D eigenvalue weighted by Crippen LogP contribution is -2.19. The standard InChI is InChI=1S/C16H27N3/c1-10(2)12-5-7-13(8-6-12)16-18-14(11(3)4)9-15(17)19-16/h9-13H,5-8H2,1-4H3,(H2,17,18,19). The molecule has 1 aliphatic carbocycles. The molecule has 106 valence electrons. The maximum atomic E-state index is 5.93. The third-order valence-corrected chi connectivity index (χ3v) is 4.45. The van der Waals surface area contributed by atoms with Crippen LogP contribution in [0.1, 0.15) is 76.7 Å². The molecule has 0 aromatic carbocycles. The zero-order chi connectivity index (χ0) is 14.0. The van der Waals surface area contributed by atoms with Gasteiger partial charge in [-0.1, -0.05) is 27.7 Å². The average molecular weight is 261 g/mol. The van der Waals surface area contributed by atoms with Crippen LogP contribution in [0.5, 0.6) is 0 Å². The number of nitrogen functional groups attached to an aromatic ring is 1. The zero-order valence-corrected chi connectivity index (χ0v) is 12.7. The average Bonchev–Trinajstić information content (AvgIpc) is 2.38. The Morgan fingerprint density at radius 1 is 1.05 bits per heavy atom. The second-order valence-corrected chi connectivity index (χ2v) is 6.59. The minimum Gasteiger partial charge on any atom is -0.384 e. The fourth-order valence-corrected chi connectivity index (χ4v) is 3.03. The SMILES string of the molecule is CC(C)c1cc(N)nc(C2CCC(C(C)C)CC2)n1. The number of hydrogen-bond donors (Lipinski definition) is 1. The molecule has 0 aliphatic heterocycles. The first-order chi connectivity index (χ1) is 8.97. The van der Waals surface area contributed by atoms with Crippen LogP contribution in [0.4, 0.5) is 5.82 Å². The zero-order valence-electron chi connectivity index (χ0n) is 12.7. The summed E-state index contributed by atoms with van der Waals surface area (Å²) >= 11 is 0. The van der Waals surface area contributed by atoms with Crippen LogP contribution in [0.2, 0.25) is 0 Å². The maximum absolute atomic E-state index is 5.93. The van der Waals surface area contributed by atoms with E-state index in [1.54, 1.807) is 0 Å². The largest absolute Gasteiger partial charge is 0.384 e. The molecule has 0 spiro atoms. The highest BCUT2D eigenvalue weighted by Gasteiger charge is 2.26. The fourth-order valence-electron chi connectivity index (χ4n) is 3.03. The maximum Gasteiger partial charge on any atom is 0.134 e. The van der Waals surface area contributed by atoms with Crippen molar-refractivity contribution in [2.45, 2.75) is 65.2 Å². The molecule has 1 fully saturated rings. The highest BCUT2D eigenvalue weighted by Crippen LogP contribution is 2.37. The molecule has 0 amide bonds. The van der Waals surface area contributed by atoms with Gasteiger partial charge in [0.15, 0.2) is 0 Å². The fraction of sp³-hybridized carbons (Fsp3) is 0.750. The summed E-state index contributed by atoms with van der Waals surface area (Å²) in [5, 5.41) is 0. The van der Waals surface area contributed by atoms with E-state index in [1.807, 2.05) is 6.07 Å². The molecule has 2 N–H and O–H groups in total. The monoisotopic (exact) mass is 261 g/mol. The van der Waals surface area contributed by atoms with Gasteiger partial charge in [-0.2, -0.15) is 0 Å². The summed E-state index contributed by atoms with van der Waals surface area (Å²) in [5.74, 6) is 4.20. The summed E-state index contributed by atoms with van der Waals surface area (Å²) < 4.78 is 0. The molecule has 0 atom stereocenters. The molecule has 2 rings (SSSR count). The summed E-state index contributed by atoms with van der Waals surface area (Å²) in [7, 11) is 0. The molecular weight excluding hydrogens is 234 g/mol. The topological polar surface area (TPSA) is 51.8 Å². The Balaban J connectivity index is 2.11. The van der Waals surface area contributed by atoms with Gasteiger partial charge in [-0.3, -0.25) is 0 Å². The molecule has 1 saturated carbocycles. The molecule has 3 nitrogen and oxygen atoms in total. The van der Waals surface area contributed by atoms with E-state index in [0.717, 1.165) is 23.4 Å². The number of nitrogens with zero attached hydrogens (tertiary/aromatic N) is 2. The van der Waals surface area contributed by atoms with Crippen molar-refractivity contribution in [3.05, 3.63) is 17.6 Å². The molecule has 1 aliphatic rings. The highest BCUT2D eigenvalue weighted by atomic mass is 15.0. The van der Waals surface area contributed by atoms with Crippen LogP contribution in [0.15, 0.2) is 6.07 Å². The van der Waals surface area contributed by atoms with Gasteiger partial charge in [0, 0.05) is 17.7 Å². The van der Waals surface area contributed by atoms with Crippen LogP contribution >= 0.6 is 0 Å². The predicted molar refractivity (Wildman–Crippen MR) is 80.1 cm³/mol. The van der Waals surface area contributed by atoms with Crippen molar-refractivity contribution in [2.24, 2.45) is 11.8 Å². The van der Waals surface area contributed by atoms with Gasteiger partial charge in [0.05, 0.1) is 0 Å². The summed E-state index contributed by atoms with van der Waals surface area (Å²) in [6.07, 6.45) is 5.03. The Hall–Kier alpha value is -1.12. The van der Waals surface area contributed by atoms with E-state index in [-0.39, 0.29) is 0 Å². The van der Waals surface area contributed by atoms with E-state index in [9.17, 15) is 0 Å². The van der Waals surface area contributed by atoms with Crippen molar-refractivity contribution in [1.82, 2.24) is 9.97 Å².